The fourth-order valence-corrected chi connectivity index (χ4v) is 2.82. The van der Waals surface area contributed by atoms with Crippen LogP contribution in [0.2, 0.25) is 10.0 Å². The van der Waals surface area contributed by atoms with Crippen LogP contribution in [0.4, 0.5) is 15.8 Å². The van der Waals surface area contributed by atoms with E-state index in [4.69, 9.17) is 23.2 Å². The van der Waals surface area contributed by atoms with Gasteiger partial charge < -0.3 is 5.32 Å². The van der Waals surface area contributed by atoms with Gasteiger partial charge in [0.1, 0.15) is 11.9 Å². The highest BCUT2D eigenvalue weighted by Crippen LogP contribution is 2.35. The smallest absolute Gasteiger partial charge is 0.256 e. The van der Waals surface area contributed by atoms with Crippen LogP contribution in [0.25, 0.3) is 0 Å². The number of amides is 2. The van der Waals surface area contributed by atoms with Crippen molar-refractivity contribution in [3.8, 4) is 0 Å². The van der Waals surface area contributed by atoms with Crippen molar-refractivity contribution >= 4 is 46.4 Å². The fourth-order valence-electron chi connectivity index (χ4n) is 2.44. The Kier molecular flexibility index (Phi) is 4.24. The number of nitrogens with zero attached hydrogens (tertiary/aromatic N) is 1. The van der Waals surface area contributed by atoms with Gasteiger partial charge in [0.25, 0.3) is 5.91 Å². The number of anilines is 2. The van der Waals surface area contributed by atoms with Crippen molar-refractivity contribution in [2.24, 2.45) is 0 Å². The van der Waals surface area contributed by atoms with Gasteiger partial charge in [0, 0.05) is 5.69 Å². The molecule has 1 N–H and O–H groups in total. The van der Waals surface area contributed by atoms with Gasteiger partial charge in [0.05, 0.1) is 22.2 Å². The van der Waals surface area contributed by atoms with Crippen LogP contribution >= 0.6 is 23.2 Å². The van der Waals surface area contributed by atoms with E-state index in [1.165, 1.54) is 18.2 Å². The van der Waals surface area contributed by atoms with E-state index < -0.39 is 23.7 Å². The van der Waals surface area contributed by atoms with Crippen LogP contribution in [0.15, 0.2) is 42.5 Å². The van der Waals surface area contributed by atoms with E-state index in [1.807, 2.05) is 0 Å². The van der Waals surface area contributed by atoms with Gasteiger partial charge in [-0.2, -0.15) is 0 Å². The van der Waals surface area contributed by atoms with Gasteiger partial charge in [-0.05, 0) is 30.3 Å². The number of benzene rings is 2. The van der Waals surface area contributed by atoms with Gasteiger partial charge in [0.2, 0.25) is 5.91 Å². The Morgan fingerprint density at radius 1 is 1.13 bits per heavy atom. The summed E-state index contributed by atoms with van der Waals surface area (Å²) in [5, 5.41) is 3.26. The summed E-state index contributed by atoms with van der Waals surface area (Å²) < 4.78 is 13.2. The van der Waals surface area contributed by atoms with Gasteiger partial charge in [-0.1, -0.05) is 35.3 Å². The molecule has 118 valence electrons. The molecule has 0 bridgehead atoms. The van der Waals surface area contributed by atoms with E-state index in [2.05, 4.69) is 5.32 Å². The molecular formula is C16H11Cl2FN2O2. The normalized spacial score (nSPS) is 17.7. The molecule has 2 aromatic rings. The Bertz CT molecular complexity index is 797. The number of imide groups is 1. The molecule has 1 heterocycles. The Labute approximate surface area is 141 Å². The lowest BCUT2D eigenvalue weighted by molar-refractivity contribution is -0.121. The molecule has 2 aromatic carbocycles. The minimum Gasteiger partial charge on any atom is -0.373 e. The summed E-state index contributed by atoms with van der Waals surface area (Å²) in [4.78, 5) is 25.7. The van der Waals surface area contributed by atoms with Crippen LogP contribution in [0.1, 0.15) is 6.42 Å². The molecule has 0 aliphatic carbocycles. The predicted molar refractivity (Wildman–Crippen MR) is 87.4 cm³/mol. The summed E-state index contributed by atoms with van der Waals surface area (Å²) in [6.07, 6.45) is -0.0435. The highest BCUT2D eigenvalue weighted by Gasteiger charge is 2.40. The third-order valence-corrected chi connectivity index (χ3v) is 4.29. The van der Waals surface area contributed by atoms with E-state index >= 15 is 0 Å². The van der Waals surface area contributed by atoms with Crippen LogP contribution in [-0.4, -0.2) is 17.9 Å². The molecule has 23 heavy (non-hydrogen) atoms. The second-order valence-corrected chi connectivity index (χ2v) is 5.84. The second kappa shape index (κ2) is 6.18. The zero-order valence-corrected chi connectivity index (χ0v) is 13.2. The summed E-state index contributed by atoms with van der Waals surface area (Å²) >= 11 is 12.0. The average molecular weight is 353 g/mol. The van der Waals surface area contributed by atoms with Crippen molar-refractivity contribution in [2.75, 3.05) is 10.2 Å². The molecule has 1 saturated heterocycles. The van der Waals surface area contributed by atoms with E-state index in [9.17, 15) is 14.0 Å². The molecule has 2 amide bonds. The van der Waals surface area contributed by atoms with Crippen molar-refractivity contribution in [3.05, 3.63) is 58.3 Å². The highest BCUT2D eigenvalue weighted by molar-refractivity contribution is 6.45. The molecule has 0 radical (unpaired) electrons. The lowest BCUT2D eigenvalue weighted by atomic mass is 10.2. The van der Waals surface area contributed by atoms with Gasteiger partial charge in [-0.15, -0.1) is 0 Å². The van der Waals surface area contributed by atoms with Crippen molar-refractivity contribution in [1.29, 1.82) is 0 Å². The Morgan fingerprint density at radius 2 is 1.87 bits per heavy atom. The standard InChI is InChI=1S/C16H11Cl2FN2O2/c17-11-5-2-6-13(15(11)18)21-14(22)8-12(16(21)23)20-10-4-1-3-9(19)7-10/h1-7,12,20H,8H2/t12-/m0/s1. The molecule has 0 unspecified atom stereocenters. The molecule has 7 heteroatoms. The van der Waals surface area contributed by atoms with Crippen molar-refractivity contribution < 1.29 is 14.0 Å². The van der Waals surface area contributed by atoms with Crippen LogP contribution < -0.4 is 10.2 Å². The summed E-state index contributed by atoms with van der Waals surface area (Å²) in [5.74, 6) is -1.28. The Hall–Kier alpha value is -2.11. The number of hydrogen-bond acceptors (Lipinski definition) is 3. The summed E-state index contributed by atoms with van der Waals surface area (Å²) in [7, 11) is 0. The Morgan fingerprint density at radius 3 is 2.61 bits per heavy atom. The third kappa shape index (κ3) is 3.02. The van der Waals surface area contributed by atoms with Crippen molar-refractivity contribution in [3.63, 3.8) is 0 Å². The number of halogens is 3. The molecule has 0 spiro atoms. The van der Waals surface area contributed by atoms with Crippen LogP contribution in [0.3, 0.4) is 0 Å². The Balaban J connectivity index is 1.87. The van der Waals surface area contributed by atoms with Crippen LogP contribution in [0, 0.1) is 5.82 Å². The summed E-state index contributed by atoms with van der Waals surface area (Å²) in [5.41, 5.74) is 0.674. The number of nitrogens with one attached hydrogen (secondary N) is 1. The SMILES string of the molecule is O=C1C[C@H](Nc2cccc(F)c2)C(=O)N1c1cccc(Cl)c1Cl. The molecule has 0 saturated carbocycles. The molecule has 1 fully saturated rings. The van der Waals surface area contributed by atoms with Crippen molar-refractivity contribution in [1.82, 2.24) is 0 Å². The highest BCUT2D eigenvalue weighted by atomic mass is 35.5. The number of rotatable bonds is 3. The molecule has 4 nitrogen and oxygen atoms in total. The molecule has 1 atom stereocenters. The largest absolute Gasteiger partial charge is 0.373 e. The lowest BCUT2D eigenvalue weighted by Crippen LogP contribution is -2.35. The monoisotopic (exact) mass is 352 g/mol. The van der Waals surface area contributed by atoms with Gasteiger partial charge >= 0.3 is 0 Å². The van der Waals surface area contributed by atoms with Crippen LogP contribution in [0.5, 0.6) is 0 Å². The van der Waals surface area contributed by atoms with Gasteiger partial charge in [-0.25, -0.2) is 9.29 Å². The maximum Gasteiger partial charge on any atom is 0.256 e. The first kappa shape index (κ1) is 15.8. The first-order chi connectivity index (χ1) is 11.0. The number of carbonyl (C=O) groups excluding carboxylic acids is 2. The lowest BCUT2D eigenvalue weighted by Gasteiger charge is -2.17. The summed E-state index contributed by atoms with van der Waals surface area (Å²) in [6.45, 7) is 0. The van der Waals surface area contributed by atoms with E-state index in [-0.39, 0.29) is 22.2 Å². The second-order valence-electron chi connectivity index (χ2n) is 5.05. The van der Waals surface area contributed by atoms with E-state index in [0.717, 1.165) is 4.90 Å². The molecule has 0 aromatic heterocycles. The predicted octanol–water partition coefficient (Wildman–Crippen LogP) is 3.88. The maximum atomic E-state index is 13.2. The quantitative estimate of drug-likeness (QED) is 0.852. The molecular weight excluding hydrogens is 342 g/mol. The van der Waals surface area contributed by atoms with Crippen molar-refractivity contribution in [2.45, 2.75) is 12.5 Å². The maximum absolute atomic E-state index is 13.2. The van der Waals surface area contributed by atoms with Gasteiger partial charge in [-0.3, -0.25) is 9.59 Å². The minimum atomic E-state index is -0.778. The topological polar surface area (TPSA) is 49.4 Å². The molecule has 3 rings (SSSR count). The van der Waals surface area contributed by atoms with Gasteiger partial charge in [0.15, 0.2) is 0 Å². The average Bonchev–Trinajstić information content (AvgIpc) is 2.77. The minimum absolute atomic E-state index is 0.0435. The zero-order chi connectivity index (χ0) is 16.6. The zero-order valence-electron chi connectivity index (χ0n) is 11.7. The number of carbonyl (C=O) groups is 2. The van der Waals surface area contributed by atoms with E-state index in [1.54, 1.807) is 24.3 Å². The van der Waals surface area contributed by atoms with Crippen LogP contribution in [-0.2, 0) is 9.59 Å². The fraction of sp³-hybridized carbons (Fsp3) is 0.125. The third-order valence-electron chi connectivity index (χ3n) is 3.48. The first-order valence-corrected chi connectivity index (χ1v) is 7.56. The first-order valence-electron chi connectivity index (χ1n) is 6.80. The molecule has 1 aliphatic rings. The summed E-state index contributed by atoms with van der Waals surface area (Å²) in [6, 6.07) is 9.64. The van der Waals surface area contributed by atoms with E-state index in [0.29, 0.717) is 5.69 Å². The number of hydrogen-bond donors (Lipinski definition) is 1. The molecule has 1 aliphatic heterocycles.